The molecule has 1 amide bonds. The van der Waals surface area contributed by atoms with Gasteiger partial charge in [0, 0.05) is 6.54 Å². The van der Waals surface area contributed by atoms with Crippen molar-refractivity contribution in [3.8, 4) is 0 Å². The third kappa shape index (κ3) is 6.72. The fourth-order valence-electron chi connectivity index (χ4n) is 1.75. The summed E-state index contributed by atoms with van der Waals surface area (Å²) in [5.74, 6) is -0.662. The van der Waals surface area contributed by atoms with E-state index in [0.717, 1.165) is 5.56 Å². The van der Waals surface area contributed by atoms with Gasteiger partial charge in [-0.25, -0.2) is 4.79 Å². The molecule has 0 saturated carbocycles. The zero-order chi connectivity index (χ0) is 16.8. The maximum absolute atomic E-state index is 12.1. The molecule has 0 aliphatic heterocycles. The summed E-state index contributed by atoms with van der Waals surface area (Å²) in [6, 6.07) is 8.75. The van der Waals surface area contributed by atoms with Crippen molar-refractivity contribution in [1.82, 2.24) is 10.6 Å². The summed E-state index contributed by atoms with van der Waals surface area (Å²) in [6.07, 6.45) is 0. The van der Waals surface area contributed by atoms with Crippen molar-refractivity contribution in [3.63, 3.8) is 0 Å². The molecule has 22 heavy (non-hydrogen) atoms. The topological polar surface area (TPSA) is 67.4 Å². The van der Waals surface area contributed by atoms with E-state index >= 15 is 0 Å². The minimum absolute atomic E-state index is 0.228. The Morgan fingerprint density at radius 2 is 1.68 bits per heavy atom. The average Bonchev–Trinajstić information content (AvgIpc) is 2.43. The van der Waals surface area contributed by atoms with Crippen LogP contribution >= 0.6 is 0 Å². The van der Waals surface area contributed by atoms with Gasteiger partial charge in [-0.15, -0.1) is 0 Å². The second-order valence-electron chi connectivity index (χ2n) is 6.35. The molecule has 0 saturated heterocycles. The van der Waals surface area contributed by atoms with Crippen LogP contribution in [0.1, 0.15) is 40.2 Å². The second kappa shape index (κ2) is 7.94. The largest absolute Gasteiger partial charge is 0.458 e. The van der Waals surface area contributed by atoms with E-state index in [-0.39, 0.29) is 5.91 Å². The number of esters is 1. The van der Waals surface area contributed by atoms with E-state index in [0.29, 0.717) is 6.54 Å². The number of benzene rings is 1. The molecule has 5 heteroatoms. The molecule has 122 valence electrons. The lowest BCUT2D eigenvalue weighted by atomic mass is 10.2. The third-order valence-corrected chi connectivity index (χ3v) is 2.97. The Morgan fingerprint density at radius 3 is 2.23 bits per heavy atom. The first-order chi connectivity index (χ1) is 10.2. The highest BCUT2D eigenvalue weighted by Gasteiger charge is 2.24. The van der Waals surface area contributed by atoms with Gasteiger partial charge in [0.05, 0.1) is 6.04 Å². The van der Waals surface area contributed by atoms with Crippen molar-refractivity contribution in [2.45, 2.75) is 58.8 Å². The van der Waals surface area contributed by atoms with Gasteiger partial charge in [-0.3, -0.25) is 4.79 Å². The number of amides is 1. The molecule has 0 aliphatic carbocycles. The van der Waals surface area contributed by atoms with Crippen molar-refractivity contribution in [3.05, 3.63) is 35.9 Å². The van der Waals surface area contributed by atoms with Gasteiger partial charge < -0.3 is 15.4 Å². The molecule has 0 spiro atoms. The van der Waals surface area contributed by atoms with Gasteiger partial charge in [-0.05, 0) is 40.2 Å². The maximum Gasteiger partial charge on any atom is 0.328 e. The number of nitrogens with one attached hydrogen (secondary N) is 2. The van der Waals surface area contributed by atoms with Crippen LogP contribution in [0.5, 0.6) is 0 Å². The molecule has 0 radical (unpaired) electrons. The monoisotopic (exact) mass is 306 g/mol. The van der Waals surface area contributed by atoms with Crippen LogP contribution in [0, 0.1) is 0 Å². The highest BCUT2D eigenvalue weighted by Crippen LogP contribution is 2.08. The van der Waals surface area contributed by atoms with Crippen LogP contribution in [-0.2, 0) is 20.9 Å². The lowest BCUT2D eigenvalue weighted by Crippen LogP contribution is -2.49. The SMILES string of the molecule is C[C@H](NCc1ccccc1)C(=O)N[C@@H](C)C(=O)OC(C)(C)C. The van der Waals surface area contributed by atoms with Crippen molar-refractivity contribution < 1.29 is 14.3 Å². The number of rotatable bonds is 6. The Balaban J connectivity index is 2.41. The first-order valence-corrected chi connectivity index (χ1v) is 7.49. The third-order valence-electron chi connectivity index (χ3n) is 2.97. The molecule has 0 aromatic heterocycles. The molecule has 0 fully saturated rings. The average molecular weight is 306 g/mol. The smallest absolute Gasteiger partial charge is 0.328 e. The lowest BCUT2D eigenvalue weighted by Gasteiger charge is -2.23. The molecular weight excluding hydrogens is 280 g/mol. The van der Waals surface area contributed by atoms with Crippen LogP contribution in [0.25, 0.3) is 0 Å². The van der Waals surface area contributed by atoms with E-state index in [2.05, 4.69) is 10.6 Å². The minimum Gasteiger partial charge on any atom is -0.458 e. The van der Waals surface area contributed by atoms with Crippen LogP contribution in [0.4, 0.5) is 0 Å². The number of hydrogen-bond donors (Lipinski definition) is 2. The molecule has 0 aliphatic rings. The summed E-state index contributed by atoms with van der Waals surface area (Å²) in [7, 11) is 0. The van der Waals surface area contributed by atoms with Crippen LogP contribution in [0.2, 0.25) is 0 Å². The van der Waals surface area contributed by atoms with Gasteiger partial charge in [0.25, 0.3) is 0 Å². The Morgan fingerprint density at radius 1 is 1.09 bits per heavy atom. The first kappa shape index (κ1) is 18.2. The number of hydrogen-bond acceptors (Lipinski definition) is 4. The predicted octanol–water partition coefficient (Wildman–Crippen LogP) is 2.01. The lowest BCUT2D eigenvalue weighted by molar-refractivity contribution is -0.158. The molecule has 1 aromatic rings. The summed E-state index contributed by atoms with van der Waals surface area (Å²) in [5, 5.41) is 5.79. The van der Waals surface area contributed by atoms with Gasteiger partial charge in [-0.2, -0.15) is 0 Å². The minimum atomic E-state index is -0.673. The van der Waals surface area contributed by atoms with E-state index in [1.165, 1.54) is 0 Å². The van der Waals surface area contributed by atoms with Crippen molar-refractivity contribution in [2.24, 2.45) is 0 Å². The molecule has 2 N–H and O–H groups in total. The summed E-state index contributed by atoms with van der Waals surface area (Å²) >= 11 is 0. The Labute approximate surface area is 132 Å². The van der Waals surface area contributed by atoms with E-state index < -0.39 is 23.7 Å². The highest BCUT2D eigenvalue weighted by molar-refractivity contribution is 5.87. The zero-order valence-corrected chi connectivity index (χ0v) is 14.0. The second-order valence-corrected chi connectivity index (χ2v) is 6.35. The van der Waals surface area contributed by atoms with Gasteiger partial charge >= 0.3 is 5.97 Å². The van der Waals surface area contributed by atoms with Gasteiger partial charge in [0.1, 0.15) is 11.6 Å². The summed E-state index contributed by atoms with van der Waals surface area (Å²) in [4.78, 5) is 23.9. The zero-order valence-electron chi connectivity index (χ0n) is 14.0. The van der Waals surface area contributed by atoms with Crippen molar-refractivity contribution in [2.75, 3.05) is 0 Å². The highest BCUT2D eigenvalue weighted by atomic mass is 16.6. The molecule has 1 aromatic carbocycles. The van der Waals surface area contributed by atoms with Gasteiger partial charge in [0.15, 0.2) is 0 Å². The van der Waals surface area contributed by atoms with E-state index in [9.17, 15) is 9.59 Å². The number of carbonyl (C=O) groups is 2. The van der Waals surface area contributed by atoms with Gasteiger partial charge in [0.2, 0.25) is 5.91 Å². The summed E-state index contributed by atoms with van der Waals surface area (Å²) < 4.78 is 5.24. The van der Waals surface area contributed by atoms with E-state index in [1.54, 1.807) is 34.6 Å². The van der Waals surface area contributed by atoms with E-state index in [4.69, 9.17) is 4.74 Å². The van der Waals surface area contributed by atoms with Crippen LogP contribution in [0.15, 0.2) is 30.3 Å². The molecule has 0 bridgehead atoms. The van der Waals surface area contributed by atoms with Crippen LogP contribution in [0.3, 0.4) is 0 Å². The standard InChI is InChI=1S/C17H26N2O3/c1-12(18-11-14-9-7-6-8-10-14)15(20)19-13(2)16(21)22-17(3,4)5/h6-10,12-13,18H,11H2,1-5H3,(H,19,20)/t12-,13-/m0/s1. The first-order valence-electron chi connectivity index (χ1n) is 7.49. The Bertz CT molecular complexity index is 494. The summed E-state index contributed by atoms with van der Waals surface area (Å²) in [5.41, 5.74) is 0.537. The van der Waals surface area contributed by atoms with Crippen LogP contribution < -0.4 is 10.6 Å². The number of carbonyl (C=O) groups excluding carboxylic acids is 2. The fraction of sp³-hybridized carbons (Fsp3) is 0.529. The fourth-order valence-corrected chi connectivity index (χ4v) is 1.75. The van der Waals surface area contributed by atoms with Crippen molar-refractivity contribution in [1.29, 1.82) is 0 Å². The Hall–Kier alpha value is -1.88. The summed E-state index contributed by atoms with van der Waals surface area (Å²) in [6.45, 7) is 9.36. The normalized spacial score (nSPS) is 14.0. The van der Waals surface area contributed by atoms with Crippen LogP contribution in [-0.4, -0.2) is 29.6 Å². The molecular formula is C17H26N2O3. The molecule has 2 atom stereocenters. The molecule has 0 unspecified atom stereocenters. The quantitative estimate of drug-likeness (QED) is 0.789. The molecule has 5 nitrogen and oxygen atoms in total. The Kier molecular flexibility index (Phi) is 6.56. The van der Waals surface area contributed by atoms with Gasteiger partial charge in [-0.1, -0.05) is 30.3 Å². The van der Waals surface area contributed by atoms with E-state index in [1.807, 2.05) is 30.3 Å². The molecule has 1 rings (SSSR count). The molecule has 0 heterocycles. The predicted molar refractivity (Wildman–Crippen MR) is 86.2 cm³/mol. The number of ether oxygens (including phenoxy) is 1. The van der Waals surface area contributed by atoms with Crippen molar-refractivity contribution >= 4 is 11.9 Å². The maximum atomic E-state index is 12.1.